The molecule has 0 heterocycles. The Labute approximate surface area is 120 Å². The lowest BCUT2D eigenvalue weighted by atomic mass is 9.49. The van der Waals surface area contributed by atoms with Crippen molar-refractivity contribution in [1.29, 1.82) is 0 Å². The van der Waals surface area contributed by atoms with Gasteiger partial charge in [-0.05, 0) is 56.3 Å². The average molecular weight is 274 g/mol. The van der Waals surface area contributed by atoms with Gasteiger partial charge < -0.3 is 10.6 Å². The largest absolute Gasteiger partial charge is 0.347 e. The molecular formula is C16H22N2O2. The molecule has 0 spiro atoms. The van der Waals surface area contributed by atoms with Gasteiger partial charge >= 0.3 is 0 Å². The molecule has 4 saturated carbocycles. The van der Waals surface area contributed by atoms with Crippen LogP contribution >= 0.6 is 0 Å². The molecule has 0 saturated heterocycles. The van der Waals surface area contributed by atoms with Crippen LogP contribution in [0.5, 0.6) is 0 Å². The van der Waals surface area contributed by atoms with E-state index in [2.05, 4.69) is 16.6 Å². The molecule has 4 fully saturated rings. The molecule has 2 amide bonds. The summed E-state index contributed by atoms with van der Waals surface area (Å²) in [6, 6.07) is 0. The topological polar surface area (TPSA) is 58.2 Å². The van der Waals surface area contributed by atoms with E-state index in [1.807, 2.05) is 0 Å². The van der Waals surface area contributed by atoms with Gasteiger partial charge in [-0.2, -0.15) is 0 Å². The summed E-state index contributed by atoms with van der Waals surface area (Å²) >= 11 is 0. The van der Waals surface area contributed by atoms with Crippen molar-refractivity contribution in [1.82, 2.24) is 10.6 Å². The van der Waals surface area contributed by atoms with Gasteiger partial charge in [0.15, 0.2) is 0 Å². The first-order valence-electron chi connectivity index (χ1n) is 7.60. The lowest BCUT2D eigenvalue weighted by Crippen LogP contribution is -2.54. The van der Waals surface area contributed by atoms with Crippen molar-refractivity contribution >= 4 is 11.8 Å². The van der Waals surface area contributed by atoms with Crippen LogP contribution in [0.2, 0.25) is 0 Å². The third-order valence-electron chi connectivity index (χ3n) is 5.32. The Hall–Kier alpha value is -1.50. The minimum atomic E-state index is -0.207. The second-order valence-electron chi connectivity index (χ2n) is 6.86. The van der Waals surface area contributed by atoms with Crippen LogP contribution < -0.4 is 10.6 Å². The zero-order valence-corrected chi connectivity index (χ0v) is 11.8. The Balaban J connectivity index is 1.57. The molecule has 0 radical (unpaired) electrons. The number of carbonyl (C=O) groups excluding carboxylic acids is 2. The van der Waals surface area contributed by atoms with E-state index in [-0.39, 0.29) is 30.3 Å². The molecule has 0 unspecified atom stereocenters. The molecule has 108 valence electrons. The van der Waals surface area contributed by atoms with Gasteiger partial charge in [0.1, 0.15) is 0 Å². The van der Waals surface area contributed by atoms with Crippen molar-refractivity contribution in [3.05, 3.63) is 0 Å². The van der Waals surface area contributed by atoms with Gasteiger partial charge in [-0.25, -0.2) is 0 Å². The number of amides is 2. The maximum Gasteiger partial charge on any atom is 0.240 e. The first-order valence-corrected chi connectivity index (χ1v) is 7.60. The van der Waals surface area contributed by atoms with Gasteiger partial charge in [-0.15, -0.1) is 6.42 Å². The van der Waals surface area contributed by atoms with E-state index in [0.717, 1.165) is 37.0 Å². The lowest BCUT2D eigenvalue weighted by Gasteiger charge is -2.55. The van der Waals surface area contributed by atoms with Crippen LogP contribution in [0.1, 0.15) is 38.5 Å². The maximum atomic E-state index is 12.5. The summed E-state index contributed by atoms with van der Waals surface area (Å²) < 4.78 is 0. The fourth-order valence-corrected chi connectivity index (χ4v) is 4.95. The van der Waals surface area contributed by atoms with Crippen molar-refractivity contribution in [2.24, 2.45) is 23.2 Å². The first kappa shape index (κ1) is 13.5. The fourth-order valence-electron chi connectivity index (χ4n) is 4.95. The van der Waals surface area contributed by atoms with Crippen LogP contribution in [0.15, 0.2) is 0 Å². The predicted octanol–water partition coefficient (Wildman–Crippen LogP) is 1.07. The van der Waals surface area contributed by atoms with Gasteiger partial charge in [0.25, 0.3) is 0 Å². The molecule has 20 heavy (non-hydrogen) atoms. The lowest BCUT2D eigenvalue weighted by molar-refractivity contribution is -0.147. The first-order chi connectivity index (χ1) is 9.61. The molecule has 0 aliphatic heterocycles. The normalized spacial score (nSPS) is 37.2. The molecule has 4 heteroatoms. The van der Waals surface area contributed by atoms with Gasteiger partial charge in [0.2, 0.25) is 11.8 Å². The molecule has 0 aromatic heterocycles. The fraction of sp³-hybridized carbons (Fsp3) is 0.750. The third kappa shape index (κ3) is 2.42. The average Bonchev–Trinajstić information content (AvgIpc) is 2.41. The van der Waals surface area contributed by atoms with Crippen LogP contribution in [-0.4, -0.2) is 24.9 Å². The van der Waals surface area contributed by atoms with Crippen LogP contribution in [0.25, 0.3) is 0 Å². The monoisotopic (exact) mass is 274 g/mol. The quantitative estimate of drug-likeness (QED) is 0.753. The molecule has 4 aliphatic rings. The summed E-state index contributed by atoms with van der Waals surface area (Å²) in [6.07, 6.45) is 12.1. The summed E-state index contributed by atoms with van der Waals surface area (Å²) in [5, 5.41) is 5.40. The SMILES string of the molecule is C#CCNC(=O)CNC(=O)C12CC3CC(CC(C3)C1)C2. The molecule has 0 atom stereocenters. The summed E-state index contributed by atoms with van der Waals surface area (Å²) in [4.78, 5) is 24.1. The van der Waals surface area contributed by atoms with Gasteiger partial charge in [0, 0.05) is 5.41 Å². The van der Waals surface area contributed by atoms with Crippen LogP contribution in [0.4, 0.5) is 0 Å². The second kappa shape index (κ2) is 5.12. The Morgan fingerprint density at radius 1 is 1.05 bits per heavy atom. The summed E-state index contributed by atoms with van der Waals surface area (Å²) in [7, 11) is 0. The summed E-state index contributed by atoms with van der Waals surface area (Å²) in [5.74, 6) is 4.45. The highest BCUT2D eigenvalue weighted by atomic mass is 16.2. The minimum Gasteiger partial charge on any atom is -0.347 e. The van der Waals surface area contributed by atoms with E-state index in [1.165, 1.54) is 19.3 Å². The third-order valence-corrected chi connectivity index (χ3v) is 5.32. The Morgan fingerprint density at radius 2 is 1.60 bits per heavy atom. The predicted molar refractivity (Wildman–Crippen MR) is 75.5 cm³/mol. The van der Waals surface area contributed by atoms with Crippen molar-refractivity contribution in [2.45, 2.75) is 38.5 Å². The zero-order chi connectivity index (χ0) is 14.2. The van der Waals surface area contributed by atoms with Crippen LogP contribution in [-0.2, 0) is 9.59 Å². The van der Waals surface area contributed by atoms with Crippen LogP contribution in [0.3, 0.4) is 0 Å². The van der Waals surface area contributed by atoms with Crippen molar-refractivity contribution in [3.8, 4) is 12.3 Å². The van der Waals surface area contributed by atoms with Crippen molar-refractivity contribution in [3.63, 3.8) is 0 Å². The maximum absolute atomic E-state index is 12.5. The van der Waals surface area contributed by atoms with Gasteiger partial charge in [0.05, 0.1) is 13.1 Å². The Bertz CT molecular complexity index is 428. The molecule has 0 aromatic carbocycles. The minimum absolute atomic E-state index is 0.0439. The summed E-state index contributed by atoms with van der Waals surface area (Å²) in [6.45, 7) is 0.258. The molecule has 4 aliphatic carbocycles. The van der Waals surface area contributed by atoms with E-state index in [9.17, 15) is 9.59 Å². The van der Waals surface area contributed by atoms with E-state index in [1.54, 1.807) is 0 Å². The number of rotatable bonds is 4. The molecule has 0 aromatic rings. The second-order valence-corrected chi connectivity index (χ2v) is 6.86. The standard InChI is InChI=1S/C16H22N2O2/c1-2-3-17-14(19)10-18-15(20)16-7-11-4-12(8-16)6-13(5-11)9-16/h1,11-13H,3-10H2,(H,17,19)(H,18,20). The molecule has 4 bridgehead atoms. The number of carbonyl (C=O) groups is 2. The van der Waals surface area contributed by atoms with Crippen molar-refractivity contribution in [2.75, 3.05) is 13.1 Å². The Morgan fingerprint density at radius 3 is 2.10 bits per heavy atom. The molecule has 2 N–H and O–H groups in total. The number of hydrogen-bond donors (Lipinski definition) is 2. The highest BCUT2D eigenvalue weighted by Gasteiger charge is 2.54. The molecular weight excluding hydrogens is 252 g/mol. The number of terminal acetylenes is 1. The van der Waals surface area contributed by atoms with Gasteiger partial charge in [-0.1, -0.05) is 5.92 Å². The highest BCUT2D eigenvalue weighted by Crippen LogP contribution is 2.60. The van der Waals surface area contributed by atoms with Gasteiger partial charge in [-0.3, -0.25) is 9.59 Å². The number of hydrogen-bond acceptors (Lipinski definition) is 2. The Kier molecular flexibility index (Phi) is 3.45. The molecule has 4 rings (SSSR count). The molecule has 4 nitrogen and oxygen atoms in total. The highest BCUT2D eigenvalue weighted by molar-refractivity contribution is 5.88. The van der Waals surface area contributed by atoms with Crippen molar-refractivity contribution < 1.29 is 9.59 Å². The van der Waals surface area contributed by atoms with Crippen LogP contribution in [0, 0.1) is 35.5 Å². The smallest absolute Gasteiger partial charge is 0.240 e. The zero-order valence-electron chi connectivity index (χ0n) is 11.8. The van der Waals surface area contributed by atoms with E-state index in [0.29, 0.717) is 0 Å². The van der Waals surface area contributed by atoms with E-state index >= 15 is 0 Å². The number of nitrogens with one attached hydrogen (secondary N) is 2. The van der Waals surface area contributed by atoms with E-state index in [4.69, 9.17) is 6.42 Å². The van der Waals surface area contributed by atoms with E-state index < -0.39 is 0 Å². The summed E-state index contributed by atoms with van der Waals surface area (Å²) in [5.41, 5.74) is -0.179.